The molecule has 1 fully saturated rings. The lowest BCUT2D eigenvalue weighted by Gasteiger charge is -2.21. The maximum absolute atomic E-state index is 6.16. The average Bonchev–Trinajstić information content (AvgIpc) is 2.82. The first-order valence-electron chi connectivity index (χ1n) is 8.37. The van der Waals surface area contributed by atoms with Crippen LogP contribution < -0.4 is 10.5 Å². The van der Waals surface area contributed by atoms with Crippen LogP contribution in [-0.2, 0) is 6.42 Å². The molecule has 2 N–H and O–H groups in total. The van der Waals surface area contributed by atoms with Gasteiger partial charge in [0.25, 0.3) is 0 Å². The van der Waals surface area contributed by atoms with Gasteiger partial charge >= 0.3 is 0 Å². The summed E-state index contributed by atoms with van der Waals surface area (Å²) in [6.45, 7) is 5.13. The normalized spacial score (nSPS) is 17.1. The molecule has 5 heteroatoms. The van der Waals surface area contributed by atoms with Crippen molar-refractivity contribution in [3.05, 3.63) is 29.8 Å². The summed E-state index contributed by atoms with van der Waals surface area (Å²) in [5.74, 6) is 2.11. The minimum absolute atomic E-state index is 0. The van der Waals surface area contributed by atoms with Crippen LogP contribution in [-0.4, -0.2) is 37.6 Å². The number of benzene rings is 1. The molecule has 0 saturated carbocycles. The smallest absolute Gasteiger partial charge is 0.191 e. The van der Waals surface area contributed by atoms with Crippen molar-refractivity contribution in [2.75, 3.05) is 26.7 Å². The zero-order valence-corrected chi connectivity index (χ0v) is 16.7. The van der Waals surface area contributed by atoms with E-state index in [9.17, 15) is 0 Å². The second kappa shape index (κ2) is 10.7. The highest BCUT2D eigenvalue weighted by atomic mass is 127. The molecule has 1 aliphatic heterocycles. The summed E-state index contributed by atoms with van der Waals surface area (Å²) < 4.78 is 5.19. The maximum atomic E-state index is 6.16. The zero-order valence-electron chi connectivity index (χ0n) is 14.3. The summed E-state index contributed by atoms with van der Waals surface area (Å²) in [5, 5.41) is 0. The van der Waals surface area contributed by atoms with Crippen LogP contribution >= 0.6 is 24.0 Å². The Bertz CT molecular complexity index is 468. The van der Waals surface area contributed by atoms with Crippen LogP contribution in [0.25, 0.3) is 0 Å². The van der Waals surface area contributed by atoms with E-state index in [1.807, 2.05) is 12.1 Å². The third-order valence-electron chi connectivity index (χ3n) is 4.24. The van der Waals surface area contributed by atoms with Crippen molar-refractivity contribution in [2.45, 2.75) is 39.0 Å². The van der Waals surface area contributed by atoms with Gasteiger partial charge in [-0.1, -0.05) is 31.9 Å². The molecule has 23 heavy (non-hydrogen) atoms. The quantitative estimate of drug-likeness (QED) is 0.440. The van der Waals surface area contributed by atoms with Crippen molar-refractivity contribution >= 4 is 29.9 Å². The molecule has 0 aromatic heterocycles. The highest BCUT2D eigenvalue weighted by molar-refractivity contribution is 14.0. The van der Waals surface area contributed by atoms with Crippen molar-refractivity contribution < 1.29 is 4.74 Å². The average molecular weight is 431 g/mol. The molecule has 0 aliphatic carbocycles. The third kappa shape index (κ3) is 6.97. The molecule has 1 aromatic rings. The Morgan fingerprint density at radius 2 is 1.78 bits per heavy atom. The highest BCUT2D eigenvalue weighted by Gasteiger charge is 2.11. The number of hydrogen-bond donors (Lipinski definition) is 1. The lowest BCUT2D eigenvalue weighted by molar-refractivity contribution is 0.414. The molecule has 1 unspecified atom stereocenters. The zero-order chi connectivity index (χ0) is 15.8. The number of methoxy groups -OCH3 is 1. The summed E-state index contributed by atoms with van der Waals surface area (Å²) in [7, 11) is 1.69. The Hall–Kier alpha value is -0.980. The second-order valence-corrected chi connectivity index (χ2v) is 6.26. The van der Waals surface area contributed by atoms with Crippen molar-refractivity contribution in [1.82, 2.24) is 4.90 Å². The predicted molar refractivity (Wildman–Crippen MR) is 108 cm³/mol. The fraction of sp³-hybridized carbons (Fsp3) is 0.611. The van der Waals surface area contributed by atoms with Gasteiger partial charge in [-0.15, -0.1) is 24.0 Å². The van der Waals surface area contributed by atoms with E-state index in [1.54, 1.807) is 7.11 Å². The molecule has 1 saturated heterocycles. The second-order valence-electron chi connectivity index (χ2n) is 6.26. The van der Waals surface area contributed by atoms with Gasteiger partial charge in [0.1, 0.15) is 5.75 Å². The molecule has 1 aromatic carbocycles. The van der Waals surface area contributed by atoms with E-state index in [2.05, 4.69) is 28.9 Å². The predicted octanol–water partition coefficient (Wildman–Crippen LogP) is 3.68. The first-order valence-corrected chi connectivity index (χ1v) is 8.37. The van der Waals surface area contributed by atoms with Gasteiger partial charge in [0.15, 0.2) is 5.96 Å². The van der Waals surface area contributed by atoms with Crippen LogP contribution in [0.3, 0.4) is 0 Å². The van der Waals surface area contributed by atoms with Crippen LogP contribution in [0.4, 0.5) is 0 Å². The number of guanidine groups is 1. The largest absolute Gasteiger partial charge is 0.497 e. The Kier molecular flexibility index (Phi) is 9.36. The fourth-order valence-electron chi connectivity index (χ4n) is 2.88. The molecular weight excluding hydrogens is 401 g/mol. The number of halogens is 1. The first-order chi connectivity index (χ1) is 10.7. The number of nitrogens with zero attached hydrogens (tertiary/aromatic N) is 2. The molecule has 1 atom stereocenters. The van der Waals surface area contributed by atoms with Crippen LogP contribution in [0.5, 0.6) is 5.75 Å². The van der Waals surface area contributed by atoms with E-state index in [4.69, 9.17) is 10.5 Å². The minimum Gasteiger partial charge on any atom is -0.497 e. The van der Waals surface area contributed by atoms with Gasteiger partial charge in [0.05, 0.1) is 7.11 Å². The molecule has 0 spiro atoms. The summed E-state index contributed by atoms with van der Waals surface area (Å²) >= 11 is 0. The number of aliphatic imine (C=N–C) groups is 1. The molecule has 2 rings (SSSR count). The van der Waals surface area contributed by atoms with E-state index in [1.165, 1.54) is 31.2 Å². The molecular formula is C18H30IN3O. The lowest BCUT2D eigenvalue weighted by Crippen LogP contribution is -2.38. The van der Waals surface area contributed by atoms with Crippen molar-refractivity contribution in [3.8, 4) is 5.75 Å². The van der Waals surface area contributed by atoms with E-state index in [0.29, 0.717) is 5.92 Å². The number of nitrogens with two attached hydrogens (primary N) is 1. The van der Waals surface area contributed by atoms with E-state index in [-0.39, 0.29) is 24.0 Å². The van der Waals surface area contributed by atoms with Crippen LogP contribution in [0.2, 0.25) is 0 Å². The number of ether oxygens (including phenoxy) is 1. The highest BCUT2D eigenvalue weighted by Crippen LogP contribution is 2.15. The van der Waals surface area contributed by atoms with Gasteiger partial charge in [-0.2, -0.15) is 0 Å². The molecule has 0 amide bonds. The Morgan fingerprint density at radius 1 is 1.17 bits per heavy atom. The Balaban J connectivity index is 0.00000264. The third-order valence-corrected chi connectivity index (χ3v) is 4.24. The number of hydrogen-bond acceptors (Lipinski definition) is 2. The van der Waals surface area contributed by atoms with Gasteiger partial charge in [-0.3, -0.25) is 4.99 Å². The van der Waals surface area contributed by atoms with Crippen molar-refractivity contribution in [3.63, 3.8) is 0 Å². The molecule has 0 radical (unpaired) electrons. The van der Waals surface area contributed by atoms with E-state index in [0.717, 1.165) is 37.8 Å². The number of likely N-dealkylation sites (tertiary alicyclic amines) is 1. The Labute approximate surface area is 157 Å². The van der Waals surface area contributed by atoms with Crippen LogP contribution in [0.1, 0.15) is 38.2 Å². The summed E-state index contributed by atoms with van der Waals surface area (Å²) in [6, 6.07) is 8.27. The minimum atomic E-state index is 0. The molecule has 1 heterocycles. The first kappa shape index (κ1) is 20.1. The number of rotatable bonds is 5. The molecule has 4 nitrogen and oxygen atoms in total. The van der Waals surface area contributed by atoms with Gasteiger partial charge in [0.2, 0.25) is 0 Å². The molecule has 0 bridgehead atoms. The topological polar surface area (TPSA) is 50.9 Å². The van der Waals surface area contributed by atoms with Gasteiger partial charge in [0, 0.05) is 19.6 Å². The Morgan fingerprint density at radius 3 is 2.35 bits per heavy atom. The monoisotopic (exact) mass is 431 g/mol. The van der Waals surface area contributed by atoms with Crippen LogP contribution in [0, 0.1) is 5.92 Å². The molecule has 130 valence electrons. The van der Waals surface area contributed by atoms with Gasteiger partial charge in [-0.05, 0) is 42.9 Å². The molecule has 1 aliphatic rings. The van der Waals surface area contributed by atoms with E-state index >= 15 is 0 Å². The van der Waals surface area contributed by atoms with E-state index < -0.39 is 0 Å². The summed E-state index contributed by atoms with van der Waals surface area (Å²) in [5.41, 5.74) is 7.47. The SMILES string of the molecule is COc1ccc(CC(C)CN=C(N)N2CCCCCC2)cc1.I. The summed E-state index contributed by atoms with van der Waals surface area (Å²) in [4.78, 5) is 6.86. The maximum Gasteiger partial charge on any atom is 0.191 e. The van der Waals surface area contributed by atoms with Crippen molar-refractivity contribution in [1.29, 1.82) is 0 Å². The standard InChI is InChI=1S/C18H29N3O.HI/c1-15(13-16-7-9-17(22-2)10-8-16)14-20-18(19)21-11-5-3-4-6-12-21;/h7-10,15H,3-6,11-14H2,1-2H3,(H2,19,20);1H. The fourth-order valence-corrected chi connectivity index (χ4v) is 2.88. The van der Waals surface area contributed by atoms with Crippen molar-refractivity contribution in [2.24, 2.45) is 16.6 Å². The lowest BCUT2D eigenvalue weighted by atomic mass is 10.0. The van der Waals surface area contributed by atoms with Gasteiger partial charge in [-0.25, -0.2) is 0 Å². The van der Waals surface area contributed by atoms with Gasteiger partial charge < -0.3 is 15.4 Å². The summed E-state index contributed by atoms with van der Waals surface area (Å²) in [6.07, 6.45) is 6.12. The van der Waals surface area contributed by atoms with Crippen LogP contribution in [0.15, 0.2) is 29.3 Å².